The number of imide groups is 1. The van der Waals surface area contributed by atoms with E-state index in [-0.39, 0.29) is 35.9 Å². The molecule has 0 radical (unpaired) electrons. The standard InChI is InChI=1S/C34H29NO5/c36-29(23-13-11-22(12-14-23)21-9-5-2-6-10-21)19-40-34(39)28(17-20-7-3-1-4-8-20)35-32(37)30-24-15-16-25(27-18-26(24)27)31(30)33(35)38/h1-16,24-28,30-31H,17-19H2. The molecule has 200 valence electrons. The second-order valence-electron chi connectivity index (χ2n) is 11.4. The highest BCUT2D eigenvalue weighted by atomic mass is 16.5. The molecule has 7 unspecified atom stereocenters. The van der Waals surface area contributed by atoms with E-state index < -0.39 is 30.5 Å². The lowest BCUT2D eigenvalue weighted by Gasteiger charge is -2.37. The van der Waals surface area contributed by atoms with Gasteiger partial charge in [-0.2, -0.15) is 0 Å². The quantitative estimate of drug-likeness (QED) is 0.182. The number of hydrogen-bond donors (Lipinski definition) is 0. The van der Waals surface area contributed by atoms with E-state index in [1.165, 1.54) is 4.90 Å². The molecule has 1 aliphatic heterocycles. The molecule has 6 nitrogen and oxygen atoms in total. The first-order valence-electron chi connectivity index (χ1n) is 14.0. The van der Waals surface area contributed by atoms with Crippen LogP contribution in [0.15, 0.2) is 97.1 Å². The molecule has 3 fully saturated rings. The van der Waals surface area contributed by atoms with Gasteiger partial charge in [-0.3, -0.25) is 19.3 Å². The molecule has 0 N–H and O–H groups in total. The first-order valence-corrected chi connectivity index (χ1v) is 14.0. The fourth-order valence-corrected chi connectivity index (χ4v) is 7.20. The molecule has 7 atom stereocenters. The van der Waals surface area contributed by atoms with Crippen molar-refractivity contribution in [2.45, 2.75) is 18.9 Å². The van der Waals surface area contributed by atoms with Crippen molar-refractivity contribution in [3.05, 3.63) is 108 Å². The summed E-state index contributed by atoms with van der Waals surface area (Å²) in [6.45, 7) is -0.463. The lowest BCUT2D eigenvalue weighted by molar-refractivity contribution is -0.158. The molecule has 2 amide bonds. The van der Waals surface area contributed by atoms with Gasteiger partial charge in [0.1, 0.15) is 6.04 Å². The van der Waals surface area contributed by atoms with Crippen LogP contribution in [-0.2, 0) is 25.5 Å². The van der Waals surface area contributed by atoms with Crippen molar-refractivity contribution in [3.8, 4) is 11.1 Å². The number of benzene rings is 3. The van der Waals surface area contributed by atoms with Crippen LogP contribution in [0.3, 0.4) is 0 Å². The Labute approximate surface area is 232 Å². The van der Waals surface area contributed by atoms with Crippen LogP contribution in [0.1, 0.15) is 22.3 Å². The second-order valence-corrected chi connectivity index (χ2v) is 11.4. The van der Waals surface area contributed by atoms with Crippen LogP contribution in [0, 0.1) is 35.5 Å². The lowest BCUT2D eigenvalue weighted by Crippen LogP contribution is -2.48. The van der Waals surface area contributed by atoms with E-state index in [1.807, 2.05) is 72.8 Å². The molecular formula is C34H29NO5. The summed E-state index contributed by atoms with van der Waals surface area (Å²) in [6.07, 6.45) is 5.44. The summed E-state index contributed by atoms with van der Waals surface area (Å²) in [7, 11) is 0. The van der Waals surface area contributed by atoms with E-state index >= 15 is 0 Å². The minimum atomic E-state index is -1.11. The minimum Gasteiger partial charge on any atom is -0.456 e. The Morgan fingerprint density at radius 2 is 1.30 bits per heavy atom. The zero-order valence-corrected chi connectivity index (χ0v) is 21.9. The van der Waals surface area contributed by atoms with Crippen molar-refractivity contribution < 1.29 is 23.9 Å². The highest BCUT2D eigenvalue weighted by Crippen LogP contribution is 2.65. The van der Waals surface area contributed by atoms with Gasteiger partial charge in [-0.25, -0.2) is 4.79 Å². The number of nitrogens with zero attached hydrogens (tertiary/aromatic N) is 1. The van der Waals surface area contributed by atoms with Crippen molar-refractivity contribution in [1.29, 1.82) is 0 Å². The number of Topliss-reactive ketones (excluding diaryl/α,β-unsaturated/α-hetero) is 1. The number of ketones is 1. The first kappa shape index (κ1) is 24.7. The number of ether oxygens (including phenoxy) is 1. The molecule has 40 heavy (non-hydrogen) atoms. The van der Waals surface area contributed by atoms with Crippen LogP contribution in [-0.4, -0.2) is 41.1 Å². The fraction of sp³-hybridized carbons (Fsp3) is 0.294. The SMILES string of the molecule is O=C(COC(=O)C(Cc1ccccc1)N1C(=O)C2C3C=CC(C4CC34)C2C1=O)c1ccc(-c2ccccc2)cc1. The molecular weight excluding hydrogens is 502 g/mol. The van der Waals surface area contributed by atoms with Gasteiger partial charge >= 0.3 is 5.97 Å². The molecule has 1 heterocycles. The number of carbonyl (C=O) groups excluding carboxylic acids is 4. The van der Waals surface area contributed by atoms with Crippen LogP contribution in [0.5, 0.6) is 0 Å². The van der Waals surface area contributed by atoms with E-state index in [2.05, 4.69) is 12.2 Å². The molecule has 4 aliphatic carbocycles. The Bertz CT molecular complexity index is 1480. The smallest absolute Gasteiger partial charge is 0.330 e. The van der Waals surface area contributed by atoms with Gasteiger partial charge < -0.3 is 4.74 Å². The van der Waals surface area contributed by atoms with Crippen molar-refractivity contribution in [2.75, 3.05) is 6.61 Å². The highest BCUT2D eigenvalue weighted by Gasteiger charge is 2.68. The summed E-state index contributed by atoms with van der Waals surface area (Å²) in [4.78, 5) is 55.1. The molecule has 1 saturated heterocycles. The van der Waals surface area contributed by atoms with E-state index in [1.54, 1.807) is 12.1 Å². The van der Waals surface area contributed by atoms with Gasteiger partial charge in [-0.1, -0.05) is 97.1 Å². The average molecular weight is 532 g/mol. The molecule has 3 aromatic carbocycles. The third-order valence-corrected chi connectivity index (χ3v) is 9.21. The van der Waals surface area contributed by atoms with Crippen LogP contribution in [0.2, 0.25) is 0 Å². The third-order valence-electron chi connectivity index (χ3n) is 9.21. The van der Waals surface area contributed by atoms with E-state index in [4.69, 9.17) is 4.74 Å². The maximum Gasteiger partial charge on any atom is 0.330 e. The predicted molar refractivity (Wildman–Crippen MR) is 148 cm³/mol. The number of rotatable bonds is 8. The summed E-state index contributed by atoms with van der Waals surface area (Å²) in [5.41, 5.74) is 3.25. The third kappa shape index (κ3) is 4.10. The monoisotopic (exact) mass is 531 g/mol. The van der Waals surface area contributed by atoms with Crippen molar-refractivity contribution in [1.82, 2.24) is 4.90 Å². The summed E-state index contributed by atoms with van der Waals surface area (Å²) in [5, 5.41) is 0. The van der Waals surface area contributed by atoms with Crippen LogP contribution >= 0.6 is 0 Å². The molecule has 0 aromatic heterocycles. The number of carbonyl (C=O) groups is 4. The molecule has 3 aromatic rings. The van der Waals surface area contributed by atoms with E-state index in [0.29, 0.717) is 17.4 Å². The molecule has 2 bridgehead atoms. The summed E-state index contributed by atoms with van der Waals surface area (Å²) in [6, 6.07) is 25.2. The number of esters is 1. The second kappa shape index (κ2) is 9.70. The highest BCUT2D eigenvalue weighted by molar-refractivity contribution is 6.09. The Hall–Kier alpha value is -4.32. The van der Waals surface area contributed by atoms with Crippen molar-refractivity contribution in [3.63, 3.8) is 0 Å². The molecule has 6 heteroatoms. The van der Waals surface area contributed by atoms with Gasteiger partial charge in [-0.05, 0) is 46.8 Å². The van der Waals surface area contributed by atoms with Gasteiger partial charge in [0.05, 0.1) is 11.8 Å². The van der Waals surface area contributed by atoms with Crippen LogP contribution < -0.4 is 0 Å². The Balaban J connectivity index is 1.09. The molecule has 5 aliphatic rings. The number of amides is 2. The molecule has 8 rings (SSSR count). The molecule has 2 saturated carbocycles. The van der Waals surface area contributed by atoms with Crippen LogP contribution in [0.4, 0.5) is 0 Å². The zero-order chi connectivity index (χ0) is 27.4. The number of likely N-dealkylation sites (tertiary alicyclic amines) is 1. The number of hydrogen-bond acceptors (Lipinski definition) is 5. The lowest BCUT2D eigenvalue weighted by atomic mass is 9.63. The van der Waals surface area contributed by atoms with Gasteiger partial charge in [0.2, 0.25) is 11.8 Å². The average Bonchev–Trinajstić information content (AvgIpc) is 3.78. The van der Waals surface area contributed by atoms with E-state index in [0.717, 1.165) is 23.1 Å². The van der Waals surface area contributed by atoms with Gasteiger partial charge in [0, 0.05) is 12.0 Å². The Kier molecular flexibility index (Phi) is 5.99. The summed E-state index contributed by atoms with van der Waals surface area (Å²) in [5.74, 6) is -1.36. The van der Waals surface area contributed by atoms with Gasteiger partial charge in [-0.15, -0.1) is 0 Å². The largest absolute Gasteiger partial charge is 0.456 e. The topological polar surface area (TPSA) is 80.8 Å². The predicted octanol–water partition coefficient (Wildman–Crippen LogP) is 4.74. The van der Waals surface area contributed by atoms with Crippen molar-refractivity contribution in [2.24, 2.45) is 35.5 Å². The summed E-state index contributed by atoms with van der Waals surface area (Å²) >= 11 is 0. The Morgan fingerprint density at radius 1 is 0.750 bits per heavy atom. The zero-order valence-electron chi connectivity index (χ0n) is 21.9. The van der Waals surface area contributed by atoms with Gasteiger partial charge in [0.25, 0.3) is 0 Å². The Morgan fingerprint density at radius 3 is 1.90 bits per heavy atom. The van der Waals surface area contributed by atoms with Gasteiger partial charge in [0.15, 0.2) is 12.4 Å². The first-order chi connectivity index (χ1) is 19.5. The maximum atomic E-state index is 13.7. The minimum absolute atomic E-state index is 0.0651. The van der Waals surface area contributed by atoms with Crippen LogP contribution in [0.25, 0.3) is 11.1 Å². The van der Waals surface area contributed by atoms with E-state index in [9.17, 15) is 19.2 Å². The number of allylic oxidation sites excluding steroid dienone is 2. The normalized spacial score (nSPS) is 28.1. The molecule has 0 spiro atoms. The summed E-state index contributed by atoms with van der Waals surface area (Å²) < 4.78 is 5.52. The van der Waals surface area contributed by atoms with Crippen molar-refractivity contribution >= 4 is 23.6 Å². The fourth-order valence-electron chi connectivity index (χ4n) is 7.20. The maximum absolute atomic E-state index is 13.7.